The molecular weight excluding hydrogens is 336 g/mol. The molecule has 0 aromatic heterocycles. The molecule has 0 fully saturated rings. The molecule has 0 spiro atoms. The van der Waals surface area contributed by atoms with E-state index in [1.807, 2.05) is 30.9 Å². The lowest BCUT2D eigenvalue weighted by Gasteiger charge is -2.19. The number of benzene rings is 2. The van der Waals surface area contributed by atoms with E-state index in [1.54, 1.807) is 24.3 Å². The smallest absolute Gasteiger partial charge is 0.251 e. The molecule has 2 aromatic carbocycles. The van der Waals surface area contributed by atoms with Crippen LogP contribution in [0.2, 0.25) is 5.02 Å². The number of hydrogen-bond donors (Lipinski definition) is 1. The van der Waals surface area contributed by atoms with Gasteiger partial charge in [-0.15, -0.1) is 0 Å². The number of amides is 2. The highest BCUT2D eigenvalue weighted by atomic mass is 35.5. The third kappa shape index (κ3) is 3.85. The fraction of sp³-hybridized carbons (Fsp3) is 0.300. The van der Waals surface area contributed by atoms with Crippen molar-refractivity contribution in [2.75, 3.05) is 11.4 Å². The van der Waals surface area contributed by atoms with E-state index in [0.717, 1.165) is 29.8 Å². The van der Waals surface area contributed by atoms with Crippen molar-refractivity contribution in [1.82, 2.24) is 5.32 Å². The number of carbonyl (C=O) groups is 2. The topological polar surface area (TPSA) is 49.4 Å². The Labute approximate surface area is 152 Å². The Balaban J connectivity index is 1.66. The summed E-state index contributed by atoms with van der Waals surface area (Å²) in [4.78, 5) is 26.3. The molecule has 4 nitrogen and oxygen atoms in total. The number of fused-ring (bicyclic) bond motifs is 1. The summed E-state index contributed by atoms with van der Waals surface area (Å²) in [7, 11) is 0. The molecule has 2 amide bonds. The van der Waals surface area contributed by atoms with Crippen molar-refractivity contribution in [2.24, 2.45) is 5.92 Å². The minimum absolute atomic E-state index is 0.00992. The highest BCUT2D eigenvalue weighted by Crippen LogP contribution is 2.30. The first-order valence-electron chi connectivity index (χ1n) is 8.42. The first kappa shape index (κ1) is 17.5. The Morgan fingerprint density at radius 3 is 2.56 bits per heavy atom. The summed E-state index contributed by atoms with van der Waals surface area (Å²) in [6.45, 7) is 5.02. The molecule has 0 saturated carbocycles. The van der Waals surface area contributed by atoms with Crippen molar-refractivity contribution < 1.29 is 9.59 Å². The van der Waals surface area contributed by atoms with Crippen LogP contribution in [0.3, 0.4) is 0 Å². The van der Waals surface area contributed by atoms with E-state index in [0.29, 0.717) is 17.1 Å². The van der Waals surface area contributed by atoms with Crippen LogP contribution in [-0.2, 0) is 17.8 Å². The van der Waals surface area contributed by atoms with Gasteiger partial charge in [0.1, 0.15) is 0 Å². The van der Waals surface area contributed by atoms with E-state index >= 15 is 0 Å². The van der Waals surface area contributed by atoms with Gasteiger partial charge in [-0.1, -0.05) is 37.6 Å². The zero-order valence-corrected chi connectivity index (χ0v) is 15.1. The lowest BCUT2D eigenvalue weighted by molar-refractivity contribution is -0.121. The Kier molecular flexibility index (Phi) is 5.09. The SMILES string of the molecule is CC(C)C(=O)N1CCc2cc(CNC(=O)c3ccc(Cl)cc3)ccc21. The number of nitrogens with zero attached hydrogens (tertiary/aromatic N) is 1. The maximum Gasteiger partial charge on any atom is 0.251 e. The highest BCUT2D eigenvalue weighted by molar-refractivity contribution is 6.30. The van der Waals surface area contributed by atoms with Gasteiger partial charge in [-0.25, -0.2) is 0 Å². The maximum absolute atomic E-state index is 12.2. The van der Waals surface area contributed by atoms with Crippen LogP contribution in [0.25, 0.3) is 0 Å². The molecular formula is C20H21ClN2O2. The third-order valence-corrected chi connectivity index (χ3v) is 4.61. The molecule has 0 atom stereocenters. The van der Waals surface area contributed by atoms with Gasteiger partial charge in [-0.05, 0) is 47.9 Å². The highest BCUT2D eigenvalue weighted by Gasteiger charge is 2.26. The van der Waals surface area contributed by atoms with E-state index in [-0.39, 0.29) is 17.7 Å². The first-order valence-corrected chi connectivity index (χ1v) is 8.80. The predicted molar refractivity (Wildman–Crippen MR) is 100.0 cm³/mol. The first-order chi connectivity index (χ1) is 12.0. The molecule has 0 saturated heterocycles. The van der Waals surface area contributed by atoms with Crippen LogP contribution in [0, 0.1) is 5.92 Å². The molecule has 2 aromatic rings. The van der Waals surface area contributed by atoms with Gasteiger partial charge in [-0.3, -0.25) is 9.59 Å². The average molecular weight is 357 g/mol. The summed E-state index contributed by atoms with van der Waals surface area (Å²) < 4.78 is 0. The molecule has 0 unspecified atom stereocenters. The van der Waals surface area contributed by atoms with Gasteiger partial charge in [0.05, 0.1) is 0 Å². The zero-order valence-electron chi connectivity index (χ0n) is 14.4. The van der Waals surface area contributed by atoms with E-state index in [4.69, 9.17) is 11.6 Å². The van der Waals surface area contributed by atoms with Crippen LogP contribution in [0.5, 0.6) is 0 Å². The lowest BCUT2D eigenvalue weighted by atomic mass is 10.1. The average Bonchev–Trinajstić information content (AvgIpc) is 3.02. The van der Waals surface area contributed by atoms with Crippen molar-refractivity contribution in [3.63, 3.8) is 0 Å². The Bertz CT molecular complexity index is 800. The molecule has 0 aliphatic carbocycles. The van der Waals surface area contributed by atoms with Crippen LogP contribution in [0.1, 0.15) is 35.3 Å². The minimum Gasteiger partial charge on any atom is -0.348 e. The molecule has 130 valence electrons. The van der Waals surface area contributed by atoms with Crippen LogP contribution in [0.15, 0.2) is 42.5 Å². The quantitative estimate of drug-likeness (QED) is 0.905. The molecule has 3 rings (SSSR count). The van der Waals surface area contributed by atoms with Crippen molar-refractivity contribution in [3.05, 3.63) is 64.2 Å². The molecule has 0 radical (unpaired) electrons. The monoisotopic (exact) mass is 356 g/mol. The number of hydrogen-bond acceptors (Lipinski definition) is 2. The fourth-order valence-corrected chi connectivity index (χ4v) is 3.12. The van der Waals surface area contributed by atoms with Crippen molar-refractivity contribution in [1.29, 1.82) is 0 Å². The number of halogens is 1. The predicted octanol–water partition coefficient (Wildman–Crippen LogP) is 3.82. The van der Waals surface area contributed by atoms with Gasteiger partial charge in [0.15, 0.2) is 0 Å². The second-order valence-corrected chi connectivity index (χ2v) is 6.98. The van der Waals surface area contributed by atoms with Crippen LogP contribution in [0.4, 0.5) is 5.69 Å². The van der Waals surface area contributed by atoms with Gasteiger partial charge < -0.3 is 10.2 Å². The summed E-state index contributed by atoms with van der Waals surface area (Å²) in [5.41, 5.74) is 3.76. The van der Waals surface area contributed by atoms with E-state index in [2.05, 4.69) is 11.4 Å². The van der Waals surface area contributed by atoms with Crippen LogP contribution >= 0.6 is 11.6 Å². The summed E-state index contributed by atoms with van der Waals surface area (Å²) in [6.07, 6.45) is 0.854. The summed E-state index contributed by atoms with van der Waals surface area (Å²) in [6, 6.07) is 12.8. The van der Waals surface area contributed by atoms with Gasteiger partial charge >= 0.3 is 0 Å². The van der Waals surface area contributed by atoms with Gasteiger partial charge in [0.25, 0.3) is 5.91 Å². The second-order valence-electron chi connectivity index (χ2n) is 6.55. The molecule has 1 aliphatic heterocycles. The summed E-state index contributed by atoms with van der Waals surface area (Å²) in [5.74, 6) is 0.0145. The largest absolute Gasteiger partial charge is 0.348 e. The fourth-order valence-electron chi connectivity index (χ4n) is 2.99. The zero-order chi connectivity index (χ0) is 18.0. The minimum atomic E-state index is -0.131. The molecule has 5 heteroatoms. The van der Waals surface area contributed by atoms with Gasteiger partial charge in [0.2, 0.25) is 5.91 Å². The normalized spacial score (nSPS) is 13.0. The Hall–Kier alpha value is -2.33. The summed E-state index contributed by atoms with van der Waals surface area (Å²) >= 11 is 5.84. The molecule has 1 N–H and O–H groups in total. The number of carbonyl (C=O) groups excluding carboxylic acids is 2. The van der Waals surface area contributed by atoms with E-state index in [9.17, 15) is 9.59 Å². The maximum atomic E-state index is 12.2. The van der Waals surface area contributed by atoms with E-state index in [1.165, 1.54) is 0 Å². The molecule has 25 heavy (non-hydrogen) atoms. The van der Waals surface area contributed by atoms with E-state index < -0.39 is 0 Å². The number of nitrogens with one attached hydrogen (secondary N) is 1. The van der Waals surface area contributed by atoms with Gasteiger partial charge in [-0.2, -0.15) is 0 Å². The van der Waals surface area contributed by atoms with Crippen molar-refractivity contribution >= 4 is 29.1 Å². The van der Waals surface area contributed by atoms with Crippen molar-refractivity contribution in [2.45, 2.75) is 26.8 Å². The van der Waals surface area contributed by atoms with Crippen LogP contribution < -0.4 is 10.2 Å². The Morgan fingerprint density at radius 1 is 1.16 bits per heavy atom. The van der Waals surface area contributed by atoms with Gasteiger partial charge in [0, 0.05) is 35.3 Å². The number of anilines is 1. The van der Waals surface area contributed by atoms with Crippen LogP contribution in [-0.4, -0.2) is 18.4 Å². The Morgan fingerprint density at radius 2 is 1.88 bits per heavy atom. The molecule has 0 bridgehead atoms. The molecule has 1 aliphatic rings. The van der Waals surface area contributed by atoms with Crippen molar-refractivity contribution in [3.8, 4) is 0 Å². The summed E-state index contributed by atoms with van der Waals surface area (Å²) in [5, 5.41) is 3.52. The molecule has 1 heterocycles. The number of rotatable bonds is 4. The standard InChI is InChI=1S/C20H21ClN2O2/c1-13(2)20(25)23-10-9-16-11-14(3-8-18(16)23)12-22-19(24)15-4-6-17(21)7-5-15/h3-8,11,13H,9-10,12H2,1-2H3,(H,22,24). The second kappa shape index (κ2) is 7.28. The lowest BCUT2D eigenvalue weighted by Crippen LogP contribution is -2.32. The third-order valence-electron chi connectivity index (χ3n) is 4.36.